The van der Waals surface area contributed by atoms with Gasteiger partial charge in [-0.3, -0.25) is 0 Å². The fourth-order valence-corrected chi connectivity index (χ4v) is 1.74. The predicted molar refractivity (Wildman–Crippen MR) is 79.6 cm³/mol. The van der Waals surface area contributed by atoms with Gasteiger partial charge in [-0.15, -0.1) is 0 Å². The van der Waals surface area contributed by atoms with Crippen LogP contribution in [0.4, 0.5) is 0 Å². The molecule has 0 bridgehead atoms. The minimum absolute atomic E-state index is 0.370. The van der Waals surface area contributed by atoms with Crippen LogP contribution in [-0.2, 0) is 11.8 Å². The molecule has 2 N–H and O–H groups in total. The zero-order valence-electron chi connectivity index (χ0n) is 12.9. The number of rotatable bonds is 4. The average molecular weight is 273 g/mol. The highest BCUT2D eigenvalue weighted by molar-refractivity contribution is 5.24. The molecule has 1 aromatic heterocycles. The van der Waals surface area contributed by atoms with Crippen LogP contribution >= 0.6 is 0 Å². The van der Waals surface area contributed by atoms with E-state index in [0.29, 0.717) is 18.1 Å². The van der Waals surface area contributed by atoms with Crippen molar-refractivity contribution in [2.45, 2.75) is 52.0 Å². The second kappa shape index (κ2) is 5.02. The fraction of sp³-hybridized carbons (Fsp3) is 0.500. The fourth-order valence-electron chi connectivity index (χ4n) is 1.74. The zero-order chi connectivity index (χ0) is 15.0. The van der Waals surface area contributed by atoms with Crippen LogP contribution in [0, 0.1) is 6.92 Å². The Morgan fingerprint density at radius 1 is 1.10 bits per heavy atom. The van der Waals surface area contributed by atoms with Crippen LogP contribution in [-0.4, -0.2) is 15.7 Å². The molecule has 0 fully saturated rings. The van der Waals surface area contributed by atoms with E-state index in [2.05, 4.69) is 41.3 Å². The van der Waals surface area contributed by atoms with Gasteiger partial charge in [0.05, 0.1) is 5.41 Å². The summed E-state index contributed by atoms with van der Waals surface area (Å²) in [7, 11) is 0. The van der Waals surface area contributed by atoms with Gasteiger partial charge in [-0.05, 0) is 40.2 Å². The molecule has 0 radical (unpaired) electrons. The van der Waals surface area contributed by atoms with Gasteiger partial charge in [-0.1, -0.05) is 35.0 Å². The molecule has 4 heteroatoms. The molecule has 2 aromatic rings. The summed E-state index contributed by atoms with van der Waals surface area (Å²) in [6.45, 7) is 10.1. The maximum Gasteiger partial charge on any atom is 0.234 e. The quantitative estimate of drug-likeness (QED) is 0.930. The molecular formula is C16H23N3O. The molecule has 108 valence electrons. The minimum atomic E-state index is -0.430. The van der Waals surface area contributed by atoms with E-state index in [1.165, 1.54) is 11.1 Å². The molecule has 20 heavy (non-hydrogen) atoms. The summed E-state index contributed by atoms with van der Waals surface area (Å²) in [5, 5.41) is 4.07. The first-order valence-electron chi connectivity index (χ1n) is 6.87. The van der Waals surface area contributed by atoms with Gasteiger partial charge in [-0.2, -0.15) is 4.98 Å². The van der Waals surface area contributed by atoms with E-state index >= 15 is 0 Å². The molecule has 0 amide bonds. The van der Waals surface area contributed by atoms with Gasteiger partial charge in [0.25, 0.3) is 0 Å². The first kappa shape index (κ1) is 14.7. The van der Waals surface area contributed by atoms with Crippen molar-refractivity contribution >= 4 is 0 Å². The molecule has 0 aliphatic carbocycles. The Hall–Kier alpha value is -1.68. The van der Waals surface area contributed by atoms with E-state index in [1.807, 2.05) is 27.7 Å². The van der Waals surface area contributed by atoms with Gasteiger partial charge in [0.15, 0.2) is 5.82 Å². The Bertz CT molecular complexity index is 577. The lowest BCUT2D eigenvalue weighted by Gasteiger charge is -2.34. The number of aromatic nitrogens is 2. The Morgan fingerprint density at radius 3 is 2.25 bits per heavy atom. The predicted octanol–water partition coefficient (Wildman–Crippen LogP) is 2.98. The minimum Gasteiger partial charge on any atom is -0.339 e. The second-order valence-electron chi connectivity index (χ2n) is 6.52. The van der Waals surface area contributed by atoms with Crippen LogP contribution in [0.3, 0.4) is 0 Å². The standard InChI is InChI=1S/C16H23N3O/c1-11-6-8-12(9-7-11)10-13-18-14(20-19-13)15(2,3)16(4,5)17/h6-9H,10,17H2,1-5H3. The lowest BCUT2D eigenvalue weighted by atomic mass is 9.75. The number of nitrogens with zero attached hydrogens (tertiary/aromatic N) is 2. The molecule has 2 rings (SSSR count). The van der Waals surface area contributed by atoms with Crippen LogP contribution < -0.4 is 5.73 Å². The Kier molecular flexibility index (Phi) is 3.69. The SMILES string of the molecule is Cc1ccc(Cc2noc(C(C)(C)C(C)(C)N)n2)cc1. The van der Waals surface area contributed by atoms with Crippen molar-refractivity contribution in [2.24, 2.45) is 5.73 Å². The van der Waals surface area contributed by atoms with Crippen molar-refractivity contribution in [3.63, 3.8) is 0 Å². The van der Waals surface area contributed by atoms with Crippen molar-refractivity contribution in [1.29, 1.82) is 0 Å². The smallest absolute Gasteiger partial charge is 0.234 e. The lowest BCUT2D eigenvalue weighted by molar-refractivity contribution is 0.222. The van der Waals surface area contributed by atoms with E-state index < -0.39 is 5.54 Å². The highest BCUT2D eigenvalue weighted by atomic mass is 16.5. The van der Waals surface area contributed by atoms with Crippen molar-refractivity contribution in [1.82, 2.24) is 10.1 Å². The van der Waals surface area contributed by atoms with Gasteiger partial charge in [0.2, 0.25) is 5.89 Å². The van der Waals surface area contributed by atoms with Crippen molar-refractivity contribution in [2.75, 3.05) is 0 Å². The monoisotopic (exact) mass is 273 g/mol. The largest absolute Gasteiger partial charge is 0.339 e. The van der Waals surface area contributed by atoms with Crippen molar-refractivity contribution in [3.05, 3.63) is 47.1 Å². The molecule has 0 aliphatic heterocycles. The Labute approximate surface area is 120 Å². The molecule has 1 heterocycles. The van der Waals surface area contributed by atoms with E-state index in [-0.39, 0.29) is 5.41 Å². The zero-order valence-corrected chi connectivity index (χ0v) is 12.9. The summed E-state index contributed by atoms with van der Waals surface area (Å²) in [6, 6.07) is 8.35. The molecular weight excluding hydrogens is 250 g/mol. The number of nitrogens with two attached hydrogens (primary N) is 1. The van der Waals surface area contributed by atoms with Crippen LogP contribution in [0.1, 0.15) is 50.5 Å². The molecule has 0 atom stereocenters. The normalized spacial score (nSPS) is 12.7. The third-order valence-corrected chi connectivity index (χ3v) is 4.10. The van der Waals surface area contributed by atoms with Crippen LogP contribution in [0.2, 0.25) is 0 Å². The third kappa shape index (κ3) is 2.90. The topological polar surface area (TPSA) is 64.9 Å². The Balaban J connectivity index is 2.19. The van der Waals surface area contributed by atoms with Gasteiger partial charge in [0, 0.05) is 12.0 Å². The summed E-state index contributed by atoms with van der Waals surface area (Å²) in [4.78, 5) is 4.51. The first-order valence-corrected chi connectivity index (χ1v) is 6.87. The Morgan fingerprint density at radius 2 is 1.70 bits per heavy atom. The highest BCUT2D eigenvalue weighted by Crippen LogP contribution is 2.31. The summed E-state index contributed by atoms with van der Waals surface area (Å²) in [6.07, 6.45) is 0.671. The van der Waals surface area contributed by atoms with Gasteiger partial charge < -0.3 is 10.3 Å². The summed E-state index contributed by atoms with van der Waals surface area (Å²) in [5.41, 5.74) is 7.81. The molecule has 0 spiro atoms. The summed E-state index contributed by atoms with van der Waals surface area (Å²) in [5.74, 6) is 1.29. The summed E-state index contributed by atoms with van der Waals surface area (Å²) >= 11 is 0. The van der Waals surface area contributed by atoms with E-state index in [9.17, 15) is 0 Å². The van der Waals surface area contributed by atoms with Gasteiger partial charge in [-0.25, -0.2) is 0 Å². The lowest BCUT2D eigenvalue weighted by Crippen LogP contribution is -2.50. The van der Waals surface area contributed by atoms with Gasteiger partial charge >= 0.3 is 0 Å². The van der Waals surface area contributed by atoms with Crippen LogP contribution in [0.5, 0.6) is 0 Å². The van der Waals surface area contributed by atoms with E-state index in [0.717, 1.165) is 0 Å². The third-order valence-electron chi connectivity index (χ3n) is 4.10. The van der Waals surface area contributed by atoms with Crippen molar-refractivity contribution < 1.29 is 4.52 Å². The van der Waals surface area contributed by atoms with Gasteiger partial charge in [0.1, 0.15) is 0 Å². The average Bonchev–Trinajstić information content (AvgIpc) is 2.80. The van der Waals surface area contributed by atoms with E-state index in [1.54, 1.807) is 0 Å². The molecule has 1 aromatic carbocycles. The van der Waals surface area contributed by atoms with Crippen LogP contribution in [0.15, 0.2) is 28.8 Å². The molecule has 0 saturated heterocycles. The van der Waals surface area contributed by atoms with Crippen LogP contribution in [0.25, 0.3) is 0 Å². The number of hydrogen-bond acceptors (Lipinski definition) is 4. The van der Waals surface area contributed by atoms with E-state index in [4.69, 9.17) is 10.3 Å². The number of hydrogen-bond donors (Lipinski definition) is 1. The molecule has 4 nitrogen and oxygen atoms in total. The first-order chi connectivity index (χ1) is 9.20. The molecule has 0 aliphatic rings. The number of benzene rings is 1. The summed E-state index contributed by atoms with van der Waals surface area (Å²) < 4.78 is 5.41. The van der Waals surface area contributed by atoms with Crippen molar-refractivity contribution in [3.8, 4) is 0 Å². The number of aryl methyl sites for hydroxylation is 1. The molecule has 0 unspecified atom stereocenters. The maximum atomic E-state index is 6.20. The highest BCUT2D eigenvalue weighted by Gasteiger charge is 2.40. The maximum absolute atomic E-state index is 6.20. The second-order valence-corrected chi connectivity index (χ2v) is 6.52. The molecule has 0 saturated carbocycles.